The Hall–Kier alpha value is -1.99. The van der Waals surface area contributed by atoms with Crippen molar-refractivity contribution in [3.05, 3.63) is 77.8 Å². The third kappa shape index (κ3) is 5.54. The van der Waals surface area contributed by atoms with Crippen LogP contribution < -0.4 is 5.73 Å². The fourth-order valence-corrected chi connectivity index (χ4v) is 4.39. The second kappa shape index (κ2) is 9.22. The number of aryl methyl sites for hydroxylation is 1. The Morgan fingerprint density at radius 2 is 1.97 bits per heavy atom. The number of nitrogens with two attached hydrogens (primary N) is 1. The highest BCUT2D eigenvalue weighted by atomic mass is 35.5. The highest BCUT2D eigenvalue weighted by molar-refractivity contribution is 7.99. The number of hydrogen-bond acceptors (Lipinski definition) is 5. The van der Waals surface area contributed by atoms with Gasteiger partial charge in [0.1, 0.15) is 0 Å². The van der Waals surface area contributed by atoms with E-state index in [1.165, 1.54) is 10.5 Å². The average molecular weight is 430 g/mol. The number of rotatable bonds is 8. The first-order valence-corrected chi connectivity index (χ1v) is 11.0. The van der Waals surface area contributed by atoms with Crippen LogP contribution in [0, 0.1) is 0 Å². The number of hydrogen-bond donors (Lipinski definition) is 1. The smallest absolute Gasteiger partial charge is 0.187 e. The SMILES string of the molecule is Nc1ccc(SCC2CO[C@](CCc3ccc(Cl)cc3)(Cn3ccnc3)O2)cc1. The van der Waals surface area contributed by atoms with E-state index in [1.807, 2.05) is 47.2 Å². The lowest BCUT2D eigenvalue weighted by molar-refractivity contribution is -0.180. The lowest BCUT2D eigenvalue weighted by Gasteiger charge is -2.28. The Balaban J connectivity index is 1.40. The van der Waals surface area contributed by atoms with Gasteiger partial charge in [0.05, 0.1) is 25.6 Å². The van der Waals surface area contributed by atoms with Gasteiger partial charge in [0.15, 0.2) is 5.79 Å². The molecule has 2 N–H and O–H groups in total. The van der Waals surface area contributed by atoms with Gasteiger partial charge in [-0.2, -0.15) is 0 Å². The predicted molar refractivity (Wildman–Crippen MR) is 117 cm³/mol. The summed E-state index contributed by atoms with van der Waals surface area (Å²) in [5.41, 5.74) is 7.75. The van der Waals surface area contributed by atoms with Crippen LogP contribution >= 0.6 is 23.4 Å². The molecule has 1 aromatic heterocycles. The second-order valence-electron chi connectivity index (χ2n) is 7.20. The number of imidazole rings is 1. The minimum Gasteiger partial charge on any atom is -0.399 e. The summed E-state index contributed by atoms with van der Waals surface area (Å²) in [5, 5.41) is 0.745. The molecule has 0 spiro atoms. The predicted octanol–water partition coefficient (Wildman–Crippen LogP) is 4.66. The van der Waals surface area contributed by atoms with Gasteiger partial charge in [0.25, 0.3) is 0 Å². The van der Waals surface area contributed by atoms with Crippen LogP contribution in [0.4, 0.5) is 5.69 Å². The van der Waals surface area contributed by atoms with Gasteiger partial charge in [-0.1, -0.05) is 23.7 Å². The second-order valence-corrected chi connectivity index (χ2v) is 8.73. The lowest BCUT2D eigenvalue weighted by Crippen LogP contribution is -2.37. The molecule has 1 aliphatic heterocycles. The fraction of sp³-hybridized carbons (Fsp3) is 0.318. The van der Waals surface area contributed by atoms with Crippen molar-refractivity contribution in [1.82, 2.24) is 9.55 Å². The molecule has 0 aliphatic carbocycles. The normalized spacial score (nSPS) is 21.5. The van der Waals surface area contributed by atoms with Crippen LogP contribution in [0.5, 0.6) is 0 Å². The van der Waals surface area contributed by atoms with E-state index in [9.17, 15) is 0 Å². The Morgan fingerprint density at radius 1 is 1.17 bits per heavy atom. The van der Waals surface area contributed by atoms with E-state index in [0.29, 0.717) is 13.2 Å². The fourth-order valence-electron chi connectivity index (χ4n) is 3.39. The standard InChI is InChI=1S/C22H24ClN3O2S/c23-18-3-1-17(2-4-18)9-10-22(15-26-12-11-25-16-26)27-13-20(28-22)14-29-21-7-5-19(24)6-8-21/h1-8,11-12,16,20H,9-10,13-15,24H2/t20?,22-/m0/s1. The topological polar surface area (TPSA) is 62.3 Å². The van der Waals surface area contributed by atoms with Crippen molar-refractivity contribution < 1.29 is 9.47 Å². The number of nitrogens with zero attached hydrogens (tertiary/aromatic N) is 2. The quantitative estimate of drug-likeness (QED) is 0.417. The molecule has 2 heterocycles. The number of halogens is 1. The van der Waals surface area contributed by atoms with Gasteiger partial charge in [0, 0.05) is 40.2 Å². The van der Waals surface area contributed by atoms with Crippen molar-refractivity contribution in [2.75, 3.05) is 18.1 Å². The van der Waals surface area contributed by atoms with E-state index in [0.717, 1.165) is 29.3 Å². The summed E-state index contributed by atoms with van der Waals surface area (Å²) in [4.78, 5) is 5.33. The molecule has 2 atom stereocenters. The number of benzene rings is 2. The molecule has 152 valence electrons. The van der Waals surface area contributed by atoms with Crippen LogP contribution in [0.1, 0.15) is 12.0 Å². The average Bonchev–Trinajstić information content (AvgIpc) is 3.38. The molecule has 29 heavy (non-hydrogen) atoms. The van der Waals surface area contributed by atoms with Gasteiger partial charge in [0.2, 0.25) is 0 Å². The van der Waals surface area contributed by atoms with E-state index in [4.69, 9.17) is 26.8 Å². The van der Waals surface area contributed by atoms with Crippen LogP contribution in [-0.4, -0.2) is 33.8 Å². The highest BCUT2D eigenvalue weighted by Crippen LogP contribution is 2.33. The van der Waals surface area contributed by atoms with E-state index in [1.54, 1.807) is 24.3 Å². The summed E-state index contributed by atoms with van der Waals surface area (Å²) < 4.78 is 14.7. The summed E-state index contributed by atoms with van der Waals surface area (Å²) in [5.74, 6) is 0.170. The Bertz CT molecular complexity index is 903. The van der Waals surface area contributed by atoms with Crippen LogP contribution in [0.3, 0.4) is 0 Å². The van der Waals surface area contributed by atoms with Gasteiger partial charge < -0.3 is 19.8 Å². The molecular weight excluding hydrogens is 406 g/mol. The van der Waals surface area contributed by atoms with Crippen LogP contribution in [0.2, 0.25) is 5.02 Å². The maximum atomic E-state index is 6.47. The van der Waals surface area contributed by atoms with Gasteiger partial charge in [-0.25, -0.2) is 4.98 Å². The molecule has 0 radical (unpaired) electrons. The van der Waals surface area contributed by atoms with Crippen molar-refractivity contribution in [2.24, 2.45) is 0 Å². The summed E-state index contributed by atoms with van der Waals surface area (Å²) in [6.07, 6.45) is 7.15. The monoisotopic (exact) mass is 429 g/mol. The molecule has 1 aliphatic rings. The third-order valence-electron chi connectivity index (χ3n) is 4.92. The molecule has 3 aromatic rings. The van der Waals surface area contributed by atoms with E-state index >= 15 is 0 Å². The molecule has 1 saturated heterocycles. The van der Waals surface area contributed by atoms with Crippen molar-refractivity contribution in [1.29, 1.82) is 0 Å². The largest absolute Gasteiger partial charge is 0.399 e. The van der Waals surface area contributed by atoms with Crippen LogP contribution in [-0.2, 0) is 22.4 Å². The minimum absolute atomic E-state index is 0.0336. The Morgan fingerprint density at radius 3 is 2.69 bits per heavy atom. The molecule has 0 bridgehead atoms. The number of aromatic nitrogens is 2. The van der Waals surface area contributed by atoms with Crippen molar-refractivity contribution in [2.45, 2.75) is 36.2 Å². The van der Waals surface area contributed by atoms with E-state index in [2.05, 4.69) is 17.1 Å². The lowest BCUT2D eigenvalue weighted by atomic mass is 10.0. The molecule has 1 unspecified atom stereocenters. The maximum absolute atomic E-state index is 6.47. The number of ether oxygens (including phenoxy) is 2. The molecule has 7 heteroatoms. The molecule has 2 aromatic carbocycles. The van der Waals surface area contributed by atoms with Crippen molar-refractivity contribution in [3.8, 4) is 0 Å². The van der Waals surface area contributed by atoms with E-state index in [-0.39, 0.29) is 6.10 Å². The summed E-state index contributed by atoms with van der Waals surface area (Å²) >= 11 is 7.76. The minimum atomic E-state index is -0.660. The van der Waals surface area contributed by atoms with Gasteiger partial charge in [-0.05, 0) is 48.4 Å². The molecular formula is C22H24ClN3O2S. The number of thioether (sulfide) groups is 1. The molecule has 0 saturated carbocycles. The van der Waals surface area contributed by atoms with Gasteiger partial charge in [-0.3, -0.25) is 0 Å². The zero-order valence-electron chi connectivity index (χ0n) is 16.0. The summed E-state index contributed by atoms with van der Waals surface area (Å²) in [6.45, 7) is 1.20. The first-order valence-electron chi connectivity index (χ1n) is 9.61. The molecule has 1 fully saturated rings. The van der Waals surface area contributed by atoms with Gasteiger partial charge in [-0.15, -0.1) is 11.8 Å². The van der Waals surface area contributed by atoms with Crippen LogP contribution in [0.25, 0.3) is 0 Å². The molecule has 5 nitrogen and oxygen atoms in total. The van der Waals surface area contributed by atoms with E-state index < -0.39 is 5.79 Å². The maximum Gasteiger partial charge on any atom is 0.187 e. The van der Waals surface area contributed by atoms with Crippen molar-refractivity contribution in [3.63, 3.8) is 0 Å². The molecule has 0 amide bonds. The van der Waals surface area contributed by atoms with Gasteiger partial charge >= 0.3 is 0 Å². The third-order valence-corrected chi connectivity index (χ3v) is 6.32. The molecule has 4 rings (SSSR count). The Kier molecular flexibility index (Phi) is 6.45. The number of nitrogen functional groups attached to an aromatic ring is 1. The zero-order valence-corrected chi connectivity index (χ0v) is 17.6. The first kappa shape index (κ1) is 20.3. The first-order chi connectivity index (χ1) is 14.1. The zero-order chi connectivity index (χ0) is 20.1. The van der Waals surface area contributed by atoms with Crippen LogP contribution in [0.15, 0.2) is 72.1 Å². The Labute approximate surface area is 180 Å². The van der Waals surface area contributed by atoms with Crippen molar-refractivity contribution >= 4 is 29.1 Å². The number of anilines is 1. The summed E-state index contributed by atoms with van der Waals surface area (Å²) in [6, 6.07) is 15.9. The summed E-state index contributed by atoms with van der Waals surface area (Å²) in [7, 11) is 0. The highest BCUT2D eigenvalue weighted by Gasteiger charge is 2.41.